The van der Waals surface area contributed by atoms with Crippen molar-refractivity contribution in [1.29, 1.82) is 0 Å². The Bertz CT molecular complexity index is 1440. The van der Waals surface area contributed by atoms with E-state index < -0.39 is 29.3 Å². The number of esters is 1. The van der Waals surface area contributed by atoms with Crippen LogP contribution in [0.1, 0.15) is 34.1 Å². The van der Waals surface area contributed by atoms with Crippen molar-refractivity contribution in [1.82, 2.24) is 4.57 Å². The Kier molecular flexibility index (Phi) is 7.33. The number of alkyl halides is 3. The molecule has 4 rings (SSSR count). The molecule has 192 valence electrons. The molecule has 0 spiro atoms. The zero-order valence-electron chi connectivity index (χ0n) is 19.9. The largest absolute Gasteiger partial charge is 0.488 e. The predicted octanol–water partition coefficient (Wildman–Crippen LogP) is 7.51. The molecule has 0 aliphatic carbocycles. The van der Waals surface area contributed by atoms with Gasteiger partial charge in [-0.05, 0) is 68.4 Å². The Morgan fingerprint density at radius 1 is 0.946 bits per heavy atom. The maximum atomic E-state index is 14.2. The van der Waals surface area contributed by atoms with Gasteiger partial charge in [0.25, 0.3) is 0 Å². The zero-order chi connectivity index (χ0) is 26.7. The average Bonchev–Trinajstić information content (AvgIpc) is 3.24. The van der Waals surface area contributed by atoms with Crippen molar-refractivity contribution in [3.05, 3.63) is 107 Å². The van der Waals surface area contributed by atoms with Crippen LogP contribution in [0, 0.1) is 18.6 Å². The first-order valence-corrected chi connectivity index (χ1v) is 11.3. The molecule has 0 aliphatic rings. The van der Waals surface area contributed by atoms with E-state index in [1.54, 1.807) is 54.8 Å². The fourth-order valence-corrected chi connectivity index (χ4v) is 3.95. The Morgan fingerprint density at radius 3 is 2.41 bits per heavy atom. The molecule has 3 aromatic carbocycles. The van der Waals surface area contributed by atoms with Gasteiger partial charge in [-0.25, -0.2) is 13.6 Å². The highest BCUT2D eigenvalue weighted by Gasteiger charge is 2.32. The Labute approximate surface area is 209 Å². The van der Waals surface area contributed by atoms with Gasteiger partial charge in [0.2, 0.25) is 0 Å². The van der Waals surface area contributed by atoms with Crippen molar-refractivity contribution in [3.63, 3.8) is 0 Å². The number of ether oxygens (including phenoxy) is 2. The van der Waals surface area contributed by atoms with Gasteiger partial charge in [0, 0.05) is 22.9 Å². The third-order valence-corrected chi connectivity index (χ3v) is 5.70. The standard InChI is InChI=1S/C28H22F5NO3/c1-3-36-27(35)21-6-4-5-7-24(21)34-17(2)8-12-25(34)22-14-19(28(31,32)33)10-13-26(22)37-16-18-9-11-20(29)15-23(18)30/h4-15H,3,16H2,1-2H3. The van der Waals surface area contributed by atoms with Crippen molar-refractivity contribution in [3.8, 4) is 22.7 Å². The van der Waals surface area contributed by atoms with Crippen LogP contribution in [-0.2, 0) is 17.5 Å². The topological polar surface area (TPSA) is 40.5 Å². The van der Waals surface area contributed by atoms with Crippen LogP contribution in [0.4, 0.5) is 22.0 Å². The second kappa shape index (κ2) is 10.5. The van der Waals surface area contributed by atoms with Crippen molar-refractivity contribution >= 4 is 5.97 Å². The molecule has 1 heterocycles. The van der Waals surface area contributed by atoms with E-state index in [4.69, 9.17) is 9.47 Å². The molecule has 0 saturated carbocycles. The van der Waals surface area contributed by atoms with Crippen molar-refractivity contribution < 1.29 is 36.2 Å². The first-order valence-electron chi connectivity index (χ1n) is 11.3. The highest BCUT2D eigenvalue weighted by atomic mass is 19.4. The number of carbonyl (C=O) groups excluding carboxylic acids is 1. The first kappa shape index (κ1) is 25.9. The van der Waals surface area contributed by atoms with E-state index in [1.807, 2.05) is 0 Å². The summed E-state index contributed by atoms with van der Waals surface area (Å²) in [6.07, 6.45) is -4.63. The lowest BCUT2D eigenvalue weighted by atomic mass is 10.1. The fourth-order valence-electron chi connectivity index (χ4n) is 3.95. The van der Waals surface area contributed by atoms with Crippen LogP contribution in [0.5, 0.6) is 5.75 Å². The summed E-state index contributed by atoms with van der Waals surface area (Å²) in [7, 11) is 0. The van der Waals surface area contributed by atoms with Gasteiger partial charge >= 0.3 is 12.1 Å². The summed E-state index contributed by atoms with van der Waals surface area (Å²) in [4.78, 5) is 12.6. The molecule has 37 heavy (non-hydrogen) atoms. The average molecular weight is 515 g/mol. The van der Waals surface area contributed by atoms with Crippen LogP contribution >= 0.6 is 0 Å². The Balaban J connectivity index is 1.85. The maximum Gasteiger partial charge on any atom is 0.416 e. The second-order valence-electron chi connectivity index (χ2n) is 8.17. The number of hydrogen-bond acceptors (Lipinski definition) is 3. The third kappa shape index (κ3) is 5.50. The number of para-hydroxylation sites is 1. The van der Waals surface area contributed by atoms with Gasteiger partial charge in [-0.3, -0.25) is 0 Å². The first-order chi connectivity index (χ1) is 17.6. The molecule has 0 N–H and O–H groups in total. The number of halogens is 5. The van der Waals surface area contributed by atoms with Gasteiger partial charge in [0.1, 0.15) is 24.0 Å². The van der Waals surface area contributed by atoms with Gasteiger partial charge < -0.3 is 14.0 Å². The van der Waals surface area contributed by atoms with Crippen LogP contribution in [0.2, 0.25) is 0 Å². The lowest BCUT2D eigenvalue weighted by Crippen LogP contribution is -2.11. The Hall–Kier alpha value is -4.14. The summed E-state index contributed by atoms with van der Waals surface area (Å²) in [6.45, 7) is 3.22. The third-order valence-electron chi connectivity index (χ3n) is 5.70. The number of hydrogen-bond donors (Lipinski definition) is 0. The van der Waals surface area contributed by atoms with E-state index in [2.05, 4.69) is 0 Å². The number of benzene rings is 3. The van der Waals surface area contributed by atoms with E-state index in [0.29, 0.717) is 23.1 Å². The summed E-state index contributed by atoms with van der Waals surface area (Å²) in [5.41, 5.74) is 0.788. The fraction of sp³-hybridized carbons (Fsp3) is 0.179. The number of nitrogens with zero attached hydrogens (tertiary/aromatic N) is 1. The van der Waals surface area contributed by atoms with Gasteiger partial charge in [0.15, 0.2) is 0 Å². The van der Waals surface area contributed by atoms with Crippen LogP contribution in [0.15, 0.2) is 72.8 Å². The van der Waals surface area contributed by atoms with E-state index in [-0.39, 0.29) is 35.7 Å². The van der Waals surface area contributed by atoms with Gasteiger partial charge in [-0.1, -0.05) is 12.1 Å². The predicted molar refractivity (Wildman–Crippen MR) is 128 cm³/mol. The number of aryl methyl sites for hydroxylation is 1. The molecule has 4 aromatic rings. The smallest absolute Gasteiger partial charge is 0.416 e. The maximum absolute atomic E-state index is 14.2. The molecule has 0 aliphatic heterocycles. The summed E-state index contributed by atoms with van der Waals surface area (Å²) in [5.74, 6) is -2.13. The molecular weight excluding hydrogens is 493 g/mol. The summed E-state index contributed by atoms with van der Waals surface area (Å²) >= 11 is 0. The van der Waals surface area contributed by atoms with Crippen LogP contribution in [-0.4, -0.2) is 17.1 Å². The molecule has 9 heteroatoms. The monoisotopic (exact) mass is 515 g/mol. The minimum atomic E-state index is -4.63. The molecule has 0 radical (unpaired) electrons. The number of rotatable bonds is 7. The highest BCUT2D eigenvalue weighted by molar-refractivity contribution is 5.94. The van der Waals surface area contributed by atoms with E-state index >= 15 is 0 Å². The summed E-state index contributed by atoms with van der Waals surface area (Å²) in [5, 5.41) is 0. The SMILES string of the molecule is CCOC(=O)c1ccccc1-n1c(C)ccc1-c1cc(C(F)(F)F)ccc1OCc1ccc(F)cc1F. The molecule has 0 saturated heterocycles. The lowest BCUT2D eigenvalue weighted by Gasteiger charge is -2.19. The zero-order valence-corrected chi connectivity index (χ0v) is 19.9. The summed E-state index contributed by atoms with van der Waals surface area (Å²) in [6, 6.07) is 15.8. The van der Waals surface area contributed by atoms with Crippen LogP contribution in [0.25, 0.3) is 16.9 Å². The summed E-state index contributed by atoms with van der Waals surface area (Å²) < 4.78 is 80.9. The Morgan fingerprint density at radius 2 is 1.70 bits per heavy atom. The van der Waals surface area contributed by atoms with Gasteiger partial charge in [-0.2, -0.15) is 13.2 Å². The normalized spacial score (nSPS) is 11.4. The number of aromatic nitrogens is 1. The molecule has 0 fully saturated rings. The minimum Gasteiger partial charge on any atom is -0.488 e. The second-order valence-corrected chi connectivity index (χ2v) is 8.17. The molecule has 4 nitrogen and oxygen atoms in total. The van der Waals surface area contributed by atoms with Crippen molar-refractivity contribution in [2.24, 2.45) is 0 Å². The van der Waals surface area contributed by atoms with E-state index in [9.17, 15) is 26.7 Å². The lowest BCUT2D eigenvalue weighted by molar-refractivity contribution is -0.137. The quantitative estimate of drug-likeness (QED) is 0.189. The van der Waals surface area contributed by atoms with Crippen molar-refractivity contribution in [2.45, 2.75) is 26.6 Å². The number of carbonyl (C=O) groups is 1. The van der Waals surface area contributed by atoms with Gasteiger partial charge in [0.05, 0.1) is 29.1 Å². The molecule has 0 atom stereocenters. The molecule has 1 aromatic heterocycles. The molecule has 0 unspecified atom stereocenters. The minimum absolute atomic E-state index is 0.0338. The van der Waals surface area contributed by atoms with E-state index in [0.717, 1.165) is 24.3 Å². The van der Waals surface area contributed by atoms with Crippen LogP contribution < -0.4 is 4.74 Å². The molecule has 0 bridgehead atoms. The van der Waals surface area contributed by atoms with Gasteiger partial charge in [-0.15, -0.1) is 0 Å². The molecular formula is C28H22F5NO3. The van der Waals surface area contributed by atoms with Crippen molar-refractivity contribution in [2.75, 3.05) is 6.61 Å². The van der Waals surface area contributed by atoms with E-state index in [1.165, 1.54) is 6.07 Å². The highest BCUT2D eigenvalue weighted by Crippen LogP contribution is 2.39. The van der Waals surface area contributed by atoms with Crippen LogP contribution in [0.3, 0.4) is 0 Å². The molecule has 0 amide bonds.